The first-order valence-corrected chi connectivity index (χ1v) is 5.01. The van der Waals surface area contributed by atoms with E-state index in [1.807, 2.05) is 29.1 Å². The monoisotopic (exact) mass is 187 g/mol. The number of aromatic nitrogens is 2. The fourth-order valence-electron chi connectivity index (χ4n) is 1.53. The van der Waals surface area contributed by atoms with Crippen LogP contribution in [0.5, 0.6) is 0 Å². The molecule has 0 fully saturated rings. The molecule has 1 aromatic carbocycles. The molecule has 2 heteroatoms. The van der Waals surface area contributed by atoms with Gasteiger partial charge in [0.25, 0.3) is 0 Å². The standard InChI is InChI=1S/C12H15N2/c1-10(2)9-14-8-7-11-5-3-4-6-12(11)13-14/h3-8,10H,9H2,1-2H3/q+1. The van der Waals surface area contributed by atoms with Crippen molar-refractivity contribution < 1.29 is 4.68 Å². The van der Waals surface area contributed by atoms with Crippen LogP contribution in [-0.4, -0.2) is 5.10 Å². The number of rotatable bonds is 2. The maximum absolute atomic E-state index is 4.53. The lowest BCUT2D eigenvalue weighted by Crippen LogP contribution is -2.39. The van der Waals surface area contributed by atoms with E-state index >= 15 is 0 Å². The Kier molecular flexibility index (Phi) is 2.44. The van der Waals surface area contributed by atoms with E-state index < -0.39 is 0 Å². The van der Waals surface area contributed by atoms with Crippen LogP contribution in [0.4, 0.5) is 0 Å². The normalized spacial score (nSPS) is 11.1. The Bertz CT molecular complexity index is 435. The SMILES string of the molecule is CC(C)C[n+]1ccc2ccccc2n1. The van der Waals surface area contributed by atoms with E-state index in [1.54, 1.807) is 0 Å². The molecule has 0 bridgehead atoms. The Labute approximate surface area is 84.2 Å². The smallest absolute Gasteiger partial charge is 0.0904 e. The summed E-state index contributed by atoms with van der Waals surface area (Å²) < 4.78 is 2.01. The van der Waals surface area contributed by atoms with Crippen molar-refractivity contribution in [3.63, 3.8) is 0 Å². The second-order valence-electron chi connectivity index (χ2n) is 3.99. The van der Waals surface area contributed by atoms with Gasteiger partial charge in [-0.15, -0.1) is 0 Å². The number of benzene rings is 1. The van der Waals surface area contributed by atoms with E-state index in [4.69, 9.17) is 0 Å². The van der Waals surface area contributed by atoms with Crippen LogP contribution in [0, 0.1) is 5.92 Å². The highest BCUT2D eigenvalue weighted by Gasteiger charge is 2.06. The van der Waals surface area contributed by atoms with Crippen LogP contribution in [-0.2, 0) is 6.54 Å². The van der Waals surface area contributed by atoms with Crippen LogP contribution in [0.15, 0.2) is 36.5 Å². The molecule has 0 radical (unpaired) electrons. The fraction of sp³-hybridized carbons (Fsp3) is 0.333. The third kappa shape index (κ3) is 1.90. The zero-order valence-corrected chi connectivity index (χ0v) is 8.64. The summed E-state index contributed by atoms with van der Waals surface area (Å²) in [5.74, 6) is 0.633. The van der Waals surface area contributed by atoms with E-state index in [2.05, 4.69) is 31.1 Å². The maximum Gasteiger partial charge on any atom is 0.196 e. The summed E-state index contributed by atoms with van der Waals surface area (Å²) in [6.07, 6.45) is 2.04. The summed E-state index contributed by atoms with van der Waals surface area (Å²) in [4.78, 5) is 0. The predicted octanol–water partition coefficient (Wildman–Crippen LogP) is 2.18. The molecule has 2 aromatic rings. The first-order valence-electron chi connectivity index (χ1n) is 5.01. The molecule has 72 valence electrons. The van der Waals surface area contributed by atoms with Crippen LogP contribution in [0.25, 0.3) is 10.9 Å². The summed E-state index contributed by atoms with van der Waals surface area (Å²) in [5.41, 5.74) is 1.07. The highest BCUT2D eigenvalue weighted by Crippen LogP contribution is 2.06. The first-order chi connectivity index (χ1) is 6.75. The Hall–Kier alpha value is -1.44. The van der Waals surface area contributed by atoms with Gasteiger partial charge in [0.15, 0.2) is 12.7 Å². The second kappa shape index (κ2) is 3.74. The van der Waals surface area contributed by atoms with Crippen LogP contribution in [0.2, 0.25) is 0 Å². The molecule has 0 atom stereocenters. The summed E-state index contributed by atoms with van der Waals surface area (Å²) >= 11 is 0. The summed E-state index contributed by atoms with van der Waals surface area (Å²) in [6.45, 7) is 5.37. The molecule has 0 unspecified atom stereocenters. The Balaban J connectivity index is 2.41. The molecule has 0 N–H and O–H groups in total. The van der Waals surface area contributed by atoms with Crippen LogP contribution in [0.1, 0.15) is 13.8 Å². The fourth-order valence-corrected chi connectivity index (χ4v) is 1.53. The highest BCUT2D eigenvalue weighted by atomic mass is 15.3. The third-order valence-electron chi connectivity index (χ3n) is 2.15. The molecule has 0 saturated carbocycles. The minimum absolute atomic E-state index is 0.633. The molecular formula is C12H15N2+. The largest absolute Gasteiger partial charge is 0.196 e. The van der Waals surface area contributed by atoms with Gasteiger partial charge in [-0.1, -0.05) is 36.7 Å². The molecule has 0 amide bonds. The molecule has 2 rings (SSSR count). The van der Waals surface area contributed by atoms with Gasteiger partial charge >= 0.3 is 0 Å². The molecular weight excluding hydrogens is 172 g/mol. The quantitative estimate of drug-likeness (QED) is 0.658. The summed E-state index contributed by atoms with van der Waals surface area (Å²) in [7, 11) is 0. The van der Waals surface area contributed by atoms with Crippen molar-refractivity contribution >= 4 is 10.9 Å². The second-order valence-corrected chi connectivity index (χ2v) is 3.99. The Morgan fingerprint density at radius 3 is 2.79 bits per heavy atom. The highest BCUT2D eigenvalue weighted by molar-refractivity contribution is 5.76. The van der Waals surface area contributed by atoms with Crippen LogP contribution >= 0.6 is 0 Å². The third-order valence-corrected chi connectivity index (χ3v) is 2.15. The predicted molar refractivity (Wildman–Crippen MR) is 56.8 cm³/mol. The van der Waals surface area contributed by atoms with Gasteiger partial charge in [0.2, 0.25) is 0 Å². The zero-order valence-electron chi connectivity index (χ0n) is 8.64. The number of fused-ring (bicyclic) bond motifs is 1. The summed E-state index contributed by atoms with van der Waals surface area (Å²) in [5, 5.41) is 5.73. The number of hydrogen-bond donors (Lipinski definition) is 0. The molecule has 0 aliphatic rings. The zero-order chi connectivity index (χ0) is 9.97. The van der Waals surface area contributed by atoms with Crippen LogP contribution in [0.3, 0.4) is 0 Å². The molecule has 0 aliphatic heterocycles. The van der Waals surface area contributed by atoms with Crippen LogP contribution < -0.4 is 4.68 Å². The molecule has 0 spiro atoms. The van der Waals surface area contributed by atoms with Gasteiger partial charge < -0.3 is 0 Å². The number of nitrogens with zero attached hydrogens (tertiary/aromatic N) is 2. The topological polar surface area (TPSA) is 16.8 Å². The van der Waals surface area contributed by atoms with Crippen molar-refractivity contribution in [2.75, 3.05) is 0 Å². The van der Waals surface area contributed by atoms with Crippen molar-refractivity contribution in [3.05, 3.63) is 36.5 Å². The minimum Gasteiger partial charge on any atom is -0.0904 e. The Morgan fingerprint density at radius 1 is 1.21 bits per heavy atom. The average Bonchev–Trinajstić information content (AvgIpc) is 2.17. The summed E-state index contributed by atoms with van der Waals surface area (Å²) in [6, 6.07) is 10.3. The van der Waals surface area contributed by atoms with Crippen molar-refractivity contribution in [3.8, 4) is 0 Å². The molecule has 0 aliphatic carbocycles. The van der Waals surface area contributed by atoms with Crippen molar-refractivity contribution in [2.45, 2.75) is 20.4 Å². The van der Waals surface area contributed by atoms with Gasteiger partial charge in [-0.05, 0) is 6.07 Å². The van der Waals surface area contributed by atoms with Gasteiger partial charge in [-0.2, -0.15) is 0 Å². The lowest BCUT2D eigenvalue weighted by Gasteiger charge is -1.98. The average molecular weight is 187 g/mol. The number of hydrogen-bond acceptors (Lipinski definition) is 1. The maximum atomic E-state index is 4.53. The van der Waals surface area contributed by atoms with Gasteiger partial charge in [-0.3, -0.25) is 0 Å². The van der Waals surface area contributed by atoms with Gasteiger partial charge in [0.05, 0.1) is 0 Å². The van der Waals surface area contributed by atoms with E-state index in [-0.39, 0.29) is 0 Å². The molecule has 1 heterocycles. The first kappa shape index (κ1) is 9.13. The van der Waals surface area contributed by atoms with E-state index in [9.17, 15) is 0 Å². The van der Waals surface area contributed by atoms with Gasteiger partial charge in [0, 0.05) is 22.5 Å². The van der Waals surface area contributed by atoms with Crippen molar-refractivity contribution in [1.29, 1.82) is 0 Å². The Morgan fingerprint density at radius 2 is 2.00 bits per heavy atom. The van der Waals surface area contributed by atoms with E-state index in [0.717, 1.165) is 12.1 Å². The van der Waals surface area contributed by atoms with Crippen molar-refractivity contribution in [1.82, 2.24) is 5.10 Å². The molecule has 14 heavy (non-hydrogen) atoms. The molecule has 0 saturated heterocycles. The molecule has 2 nitrogen and oxygen atoms in total. The lowest BCUT2D eigenvalue weighted by atomic mass is 10.2. The van der Waals surface area contributed by atoms with Crippen molar-refractivity contribution in [2.24, 2.45) is 5.92 Å². The van der Waals surface area contributed by atoms with E-state index in [1.165, 1.54) is 5.39 Å². The van der Waals surface area contributed by atoms with Gasteiger partial charge in [-0.25, -0.2) is 0 Å². The van der Waals surface area contributed by atoms with E-state index in [0.29, 0.717) is 5.92 Å². The molecule has 1 aromatic heterocycles. The lowest BCUT2D eigenvalue weighted by molar-refractivity contribution is -0.756. The van der Waals surface area contributed by atoms with Gasteiger partial charge in [0.1, 0.15) is 5.52 Å². The minimum atomic E-state index is 0.633.